The van der Waals surface area contributed by atoms with E-state index < -0.39 is 10.0 Å². The van der Waals surface area contributed by atoms with E-state index >= 15 is 0 Å². The second-order valence-electron chi connectivity index (χ2n) is 9.09. The van der Waals surface area contributed by atoms with Crippen LogP contribution in [0.15, 0.2) is 53.4 Å². The quantitative estimate of drug-likeness (QED) is 0.663. The summed E-state index contributed by atoms with van der Waals surface area (Å²) in [5, 5.41) is 3.22. The third kappa shape index (κ3) is 5.50. The fourth-order valence-electron chi connectivity index (χ4n) is 4.42. The van der Waals surface area contributed by atoms with Crippen molar-refractivity contribution in [2.24, 2.45) is 11.8 Å². The Morgan fingerprint density at radius 3 is 2.36 bits per heavy atom. The highest BCUT2D eigenvalue weighted by molar-refractivity contribution is 7.89. The number of ether oxygens (including phenoxy) is 2. The molecule has 0 aliphatic carbocycles. The predicted molar refractivity (Wildman–Crippen MR) is 126 cm³/mol. The number of nitrogens with zero attached hydrogens (tertiary/aromatic N) is 1. The lowest BCUT2D eigenvalue weighted by atomic mass is 9.93. The number of nitrogens with one attached hydrogen (secondary N) is 1. The summed E-state index contributed by atoms with van der Waals surface area (Å²) < 4.78 is 38.8. The molecule has 0 spiro atoms. The molecule has 7 nitrogen and oxygen atoms in total. The van der Waals surface area contributed by atoms with Gasteiger partial charge in [-0.2, -0.15) is 4.31 Å². The van der Waals surface area contributed by atoms with Gasteiger partial charge in [-0.05, 0) is 42.9 Å². The van der Waals surface area contributed by atoms with Crippen molar-refractivity contribution in [2.45, 2.75) is 44.0 Å². The number of hydrogen-bond acceptors (Lipinski definition) is 5. The average Bonchev–Trinajstić information content (AvgIpc) is 2.83. The van der Waals surface area contributed by atoms with Crippen LogP contribution in [0.2, 0.25) is 0 Å². The Balaban J connectivity index is 1.39. The van der Waals surface area contributed by atoms with Gasteiger partial charge in [-0.15, -0.1) is 0 Å². The number of rotatable bonds is 7. The van der Waals surface area contributed by atoms with E-state index in [0.29, 0.717) is 56.6 Å². The van der Waals surface area contributed by atoms with Gasteiger partial charge in [0.25, 0.3) is 0 Å². The van der Waals surface area contributed by atoms with Crippen LogP contribution in [0.5, 0.6) is 11.5 Å². The lowest BCUT2D eigenvalue weighted by Crippen LogP contribution is -2.43. The number of sulfonamides is 1. The SMILES string of the molecule is CC(C)C[C@@H](NC(=O)C1CCN(S(=O)(=O)c2ccc3c(c2)OCCO3)CC1)c1ccccc1. The van der Waals surface area contributed by atoms with Crippen molar-refractivity contribution in [1.82, 2.24) is 9.62 Å². The summed E-state index contributed by atoms with van der Waals surface area (Å²) in [5.41, 5.74) is 1.10. The normalized spacial score (nSPS) is 18.2. The smallest absolute Gasteiger partial charge is 0.243 e. The highest BCUT2D eigenvalue weighted by Crippen LogP contribution is 2.34. The van der Waals surface area contributed by atoms with Crippen LogP contribution < -0.4 is 14.8 Å². The van der Waals surface area contributed by atoms with Gasteiger partial charge in [0.1, 0.15) is 13.2 Å². The fraction of sp³-hybridized carbons (Fsp3) is 0.480. The largest absolute Gasteiger partial charge is 0.486 e. The molecule has 1 saturated heterocycles. The first-order valence-corrected chi connectivity index (χ1v) is 13.0. The van der Waals surface area contributed by atoms with Gasteiger partial charge in [-0.1, -0.05) is 44.2 Å². The standard InChI is InChI=1S/C25H32N2O5S/c1-18(2)16-22(19-6-4-3-5-7-19)26-25(28)20-10-12-27(13-11-20)33(29,30)21-8-9-23-24(17-21)32-15-14-31-23/h3-9,17-18,20,22H,10-16H2,1-2H3,(H,26,28)/t22-/m1/s1. The zero-order valence-electron chi connectivity index (χ0n) is 19.2. The third-order valence-corrected chi connectivity index (χ3v) is 8.10. The van der Waals surface area contributed by atoms with E-state index in [1.165, 1.54) is 10.4 Å². The molecule has 1 atom stereocenters. The molecule has 0 aromatic heterocycles. The molecule has 4 rings (SSSR count). The number of hydrogen-bond donors (Lipinski definition) is 1. The highest BCUT2D eigenvalue weighted by Gasteiger charge is 2.33. The Kier molecular flexibility index (Phi) is 7.24. The van der Waals surface area contributed by atoms with Crippen molar-refractivity contribution in [2.75, 3.05) is 26.3 Å². The van der Waals surface area contributed by atoms with Gasteiger partial charge in [0, 0.05) is 25.1 Å². The first-order chi connectivity index (χ1) is 15.8. The van der Waals surface area contributed by atoms with Gasteiger partial charge in [-0.3, -0.25) is 4.79 Å². The molecule has 0 unspecified atom stereocenters. The van der Waals surface area contributed by atoms with Crippen LogP contribution in [-0.2, 0) is 14.8 Å². The lowest BCUT2D eigenvalue weighted by molar-refractivity contribution is -0.127. The number of carbonyl (C=O) groups excluding carboxylic acids is 1. The number of piperidine rings is 1. The summed E-state index contributed by atoms with van der Waals surface area (Å²) in [4.78, 5) is 13.2. The van der Waals surface area contributed by atoms with Crippen LogP contribution in [0.1, 0.15) is 44.7 Å². The molecule has 0 saturated carbocycles. The van der Waals surface area contributed by atoms with Gasteiger partial charge < -0.3 is 14.8 Å². The van der Waals surface area contributed by atoms with Crippen LogP contribution in [0.25, 0.3) is 0 Å². The first kappa shape index (κ1) is 23.6. The Labute approximate surface area is 196 Å². The lowest BCUT2D eigenvalue weighted by Gasteiger charge is -2.32. The molecule has 8 heteroatoms. The Morgan fingerprint density at radius 1 is 1.03 bits per heavy atom. The topological polar surface area (TPSA) is 84.9 Å². The number of carbonyl (C=O) groups is 1. The summed E-state index contributed by atoms with van der Waals surface area (Å²) in [6.07, 6.45) is 1.85. The number of amides is 1. The minimum atomic E-state index is -3.66. The van der Waals surface area contributed by atoms with Crippen LogP contribution in [-0.4, -0.2) is 44.9 Å². The van der Waals surface area contributed by atoms with Crippen molar-refractivity contribution in [1.29, 1.82) is 0 Å². The van der Waals surface area contributed by atoms with Crippen molar-refractivity contribution in [3.63, 3.8) is 0 Å². The first-order valence-electron chi connectivity index (χ1n) is 11.6. The van der Waals surface area contributed by atoms with E-state index in [1.807, 2.05) is 30.3 Å². The summed E-state index contributed by atoms with van der Waals surface area (Å²) >= 11 is 0. The molecule has 33 heavy (non-hydrogen) atoms. The molecular formula is C25H32N2O5S. The molecule has 1 N–H and O–H groups in total. The summed E-state index contributed by atoms with van der Waals surface area (Å²) in [6.45, 7) is 5.77. The maximum absolute atomic E-state index is 13.2. The minimum absolute atomic E-state index is 0.000815. The summed E-state index contributed by atoms with van der Waals surface area (Å²) in [7, 11) is -3.66. The Morgan fingerprint density at radius 2 is 1.70 bits per heavy atom. The van der Waals surface area contributed by atoms with Crippen molar-refractivity contribution >= 4 is 15.9 Å². The average molecular weight is 473 g/mol. The maximum atomic E-state index is 13.2. The molecule has 0 bridgehead atoms. The number of benzene rings is 2. The van der Waals surface area contributed by atoms with E-state index in [-0.39, 0.29) is 22.8 Å². The second-order valence-corrected chi connectivity index (χ2v) is 11.0. The van der Waals surface area contributed by atoms with Gasteiger partial charge >= 0.3 is 0 Å². The molecule has 2 aromatic rings. The van der Waals surface area contributed by atoms with Crippen molar-refractivity contribution in [3.05, 3.63) is 54.1 Å². The molecule has 2 heterocycles. The van der Waals surface area contributed by atoms with Crippen LogP contribution in [0.3, 0.4) is 0 Å². The molecule has 2 aromatic carbocycles. The van der Waals surface area contributed by atoms with E-state index in [9.17, 15) is 13.2 Å². The second kappa shape index (κ2) is 10.1. The third-order valence-electron chi connectivity index (χ3n) is 6.20. The van der Waals surface area contributed by atoms with Gasteiger partial charge in [0.05, 0.1) is 10.9 Å². The Hall–Kier alpha value is -2.58. The predicted octanol–water partition coefficient (Wildman–Crippen LogP) is 3.76. The maximum Gasteiger partial charge on any atom is 0.243 e. The van der Waals surface area contributed by atoms with E-state index in [2.05, 4.69) is 19.2 Å². The molecule has 2 aliphatic heterocycles. The monoisotopic (exact) mass is 472 g/mol. The summed E-state index contributed by atoms with van der Waals surface area (Å²) in [5.74, 6) is 1.25. The van der Waals surface area contributed by atoms with Crippen molar-refractivity contribution < 1.29 is 22.7 Å². The van der Waals surface area contributed by atoms with Gasteiger partial charge in [0.2, 0.25) is 15.9 Å². The van der Waals surface area contributed by atoms with E-state index in [4.69, 9.17) is 9.47 Å². The Bertz CT molecular complexity index is 1060. The molecule has 2 aliphatic rings. The van der Waals surface area contributed by atoms with Crippen LogP contribution in [0, 0.1) is 11.8 Å². The van der Waals surface area contributed by atoms with E-state index in [1.54, 1.807) is 12.1 Å². The zero-order chi connectivity index (χ0) is 23.4. The van der Waals surface area contributed by atoms with Gasteiger partial charge in [-0.25, -0.2) is 8.42 Å². The minimum Gasteiger partial charge on any atom is -0.486 e. The highest BCUT2D eigenvalue weighted by atomic mass is 32.2. The molecular weight excluding hydrogens is 440 g/mol. The summed E-state index contributed by atoms with van der Waals surface area (Å²) in [6, 6.07) is 14.7. The molecule has 1 amide bonds. The van der Waals surface area contributed by atoms with Crippen LogP contribution in [0.4, 0.5) is 0 Å². The fourth-order valence-corrected chi connectivity index (χ4v) is 5.90. The van der Waals surface area contributed by atoms with Crippen LogP contribution >= 0.6 is 0 Å². The van der Waals surface area contributed by atoms with E-state index in [0.717, 1.165) is 12.0 Å². The van der Waals surface area contributed by atoms with Gasteiger partial charge in [0.15, 0.2) is 11.5 Å². The van der Waals surface area contributed by atoms with Crippen molar-refractivity contribution in [3.8, 4) is 11.5 Å². The number of fused-ring (bicyclic) bond motifs is 1. The molecule has 1 fully saturated rings. The molecule has 0 radical (unpaired) electrons. The molecule has 178 valence electrons. The zero-order valence-corrected chi connectivity index (χ0v) is 20.0.